The van der Waals surface area contributed by atoms with Crippen molar-refractivity contribution < 1.29 is 9.18 Å². The number of likely N-dealkylation sites (N-methyl/N-ethyl adjacent to an activating group) is 1. The predicted molar refractivity (Wildman–Crippen MR) is 79.0 cm³/mol. The van der Waals surface area contributed by atoms with Gasteiger partial charge in [0, 0.05) is 13.0 Å². The summed E-state index contributed by atoms with van der Waals surface area (Å²) in [6, 6.07) is 6.45. The molecule has 1 aromatic carbocycles. The van der Waals surface area contributed by atoms with Gasteiger partial charge in [0.05, 0.1) is 6.04 Å². The molecule has 1 rings (SSSR count). The fourth-order valence-electron chi connectivity index (χ4n) is 2.01. The van der Waals surface area contributed by atoms with Gasteiger partial charge in [0.2, 0.25) is 5.91 Å². The molecule has 0 saturated carbocycles. The lowest BCUT2D eigenvalue weighted by Gasteiger charge is -2.25. The van der Waals surface area contributed by atoms with Gasteiger partial charge in [-0.3, -0.25) is 4.79 Å². The molecular formula is C15H24FN3O. The van der Waals surface area contributed by atoms with E-state index in [4.69, 9.17) is 0 Å². The average molecular weight is 281 g/mol. The Hall–Kier alpha value is -1.46. The smallest absolute Gasteiger partial charge is 0.220 e. The van der Waals surface area contributed by atoms with E-state index in [2.05, 4.69) is 10.6 Å². The van der Waals surface area contributed by atoms with Gasteiger partial charge >= 0.3 is 0 Å². The zero-order chi connectivity index (χ0) is 15.0. The third-order valence-electron chi connectivity index (χ3n) is 3.20. The number of rotatable bonds is 8. The maximum Gasteiger partial charge on any atom is 0.220 e. The van der Waals surface area contributed by atoms with E-state index in [-0.39, 0.29) is 17.8 Å². The Labute approximate surface area is 120 Å². The molecule has 0 bridgehead atoms. The minimum Gasteiger partial charge on any atom is -0.354 e. The molecule has 0 aliphatic heterocycles. The van der Waals surface area contributed by atoms with Crippen LogP contribution in [-0.4, -0.2) is 45.0 Å². The van der Waals surface area contributed by atoms with E-state index in [0.29, 0.717) is 13.0 Å². The molecule has 20 heavy (non-hydrogen) atoms. The highest BCUT2D eigenvalue weighted by molar-refractivity contribution is 5.75. The normalized spacial score (nSPS) is 12.4. The first-order valence-corrected chi connectivity index (χ1v) is 6.87. The van der Waals surface area contributed by atoms with Gasteiger partial charge in [0.25, 0.3) is 0 Å². The van der Waals surface area contributed by atoms with Gasteiger partial charge in [-0.15, -0.1) is 0 Å². The Morgan fingerprint density at radius 3 is 2.50 bits per heavy atom. The molecule has 0 radical (unpaired) electrons. The van der Waals surface area contributed by atoms with E-state index >= 15 is 0 Å². The van der Waals surface area contributed by atoms with Crippen LogP contribution in [0.4, 0.5) is 4.39 Å². The van der Waals surface area contributed by atoms with Crippen LogP contribution in [0.25, 0.3) is 0 Å². The van der Waals surface area contributed by atoms with Gasteiger partial charge < -0.3 is 15.5 Å². The van der Waals surface area contributed by atoms with Crippen LogP contribution in [0.3, 0.4) is 0 Å². The summed E-state index contributed by atoms with van der Waals surface area (Å²) in [5.41, 5.74) is 0.993. The third-order valence-corrected chi connectivity index (χ3v) is 3.20. The highest BCUT2D eigenvalue weighted by Gasteiger charge is 2.15. The average Bonchev–Trinajstić information content (AvgIpc) is 2.41. The lowest BCUT2D eigenvalue weighted by molar-refractivity contribution is -0.121. The highest BCUT2D eigenvalue weighted by atomic mass is 19.1. The van der Waals surface area contributed by atoms with Crippen molar-refractivity contribution in [3.8, 4) is 0 Å². The molecule has 0 aliphatic rings. The molecule has 5 heteroatoms. The number of halogens is 1. The van der Waals surface area contributed by atoms with E-state index in [1.165, 1.54) is 12.1 Å². The van der Waals surface area contributed by atoms with Crippen LogP contribution < -0.4 is 10.6 Å². The second-order valence-corrected chi connectivity index (χ2v) is 5.04. The van der Waals surface area contributed by atoms with Crippen LogP contribution in [0.2, 0.25) is 0 Å². The van der Waals surface area contributed by atoms with Crippen molar-refractivity contribution in [3.05, 3.63) is 35.6 Å². The molecule has 1 amide bonds. The summed E-state index contributed by atoms with van der Waals surface area (Å²) in [7, 11) is 5.76. The quantitative estimate of drug-likeness (QED) is 0.711. The molecule has 0 heterocycles. The van der Waals surface area contributed by atoms with Crippen LogP contribution in [0, 0.1) is 5.82 Å². The molecule has 112 valence electrons. The SMILES string of the molecule is CNCCCC(=O)NCC(c1ccc(F)cc1)N(C)C. The van der Waals surface area contributed by atoms with Crippen LogP contribution in [-0.2, 0) is 4.79 Å². The van der Waals surface area contributed by atoms with E-state index < -0.39 is 0 Å². The van der Waals surface area contributed by atoms with Gasteiger partial charge in [0.1, 0.15) is 5.82 Å². The minimum absolute atomic E-state index is 0.0452. The van der Waals surface area contributed by atoms with Gasteiger partial charge in [-0.1, -0.05) is 12.1 Å². The molecule has 0 aromatic heterocycles. The van der Waals surface area contributed by atoms with Crippen molar-refractivity contribution in [2.75, 3.05) is 34.2 Å². The van der Waals surface area contributed by atoms with Crippen molar-refractivity contribution in [2.24, 2.45) is 0 Å². The van der Waals surface area contributed by atoms with Crippen LogP contribution in [0.1, 0.15) is 24.4 Å². The third kappa shape index (κ3) is 5.67. The fourth-order valence-corrected chi connectivity index (χ4v) is 2.01. The van der Waals surface area contributed by atoms with Crippen molar-refractivity contribution in [3.63, 3.8) is 0 Å². The molecule has 0 spiro atoms. The number of hydrogen-bond acceptors (Lipinski definition) is 3. The molecular weight excluding hydrogens is 257 g/mol. The minimum atomic E-state index is -0.248. The Morgan fingerprint density at radius 1 is 1.30 bits per heavy atom. The van der Waals surface area contributed by atoms with Crippen LogP contribution in [0.5, 0.6) is 0 Å². The van der Waals surface area contributed by atoms with Gasteiger partial charge in [-0.25, -0.2) is 4.39 Å². The van der Waals surface area contributed by atoms with E-state index in [1.807, 2.05) is 26.0 Å². The Morgan fingerprint density at radius 2 is 1.95 bits per heavy atom. The number of carbonyl (C=O) groups excluding carboxylic acids is 1. The molecule has 1 atom stereocenters. The number of hydrogen-bond donors (Lipinski definition) is 2. The summed E-state index contributed by atoms with van der Waals surface area (Å²) >= 11 is 0. The Bertz CT molecular complexity index is 406. The zero-order valence-corrected chi connectivity index (χ0v) is 12.4. The second-order valence-electron chi connectivity index (χ2n) is 5.04. The maximum atomic E-state index is 12.9. The van der Waals surface area contributed by atoms with Crippen LogP contribution in [0.15, 0.2) is 24.3 Å². The topological polar surface area (TPSA) is 44.4 Å². The van der Waals surface area contributed by atoms with Crippen molar-refractivity contribution >= 4 is 5.91 Å². The monoisotopic (exact) mass is 281 g/mol. The van der Waals surface area contributed by atoms with E-state index in [0.717, 1.165) is 18.5 Å². The van der Waals surface area contributed by atoms with Crippen LogP contribution >= 0.6 is 0 Å². The lowest BCUT2D eigenvalue weighted by Crippen LogP contribution is -2.34. The molecule has 1 aromatic rings. The number of carbonyl (C=O) groups is 1. The number of nitrogens with zero attached hydrogens (tertiary/aromatic N) is 1. The standard InChI is InChI=1S/C15H24FN3O/c1-17-10-4-5-15(20)18-11-14(19(2)3)12-6-8-13(16)9-7-12/h6-9,14,17H,4-5,10-11H2,1-3H3,(H,18,20). The summed E-state index contributed by atoms with van der Waals surface area (Å²) in [4.78, 5) is 13.7. The summed E-state index contributed by atoms with van der Waals surface area (Å²) < 4.78 is 12.9. The lowest BCUT2D eigenvalue weighted by atomic mass is 10.1. The molecule has 0 aliphatic carbocycles. The Balaban J connectivity index is 2.51. The molecule has 2 N–H and O–H groups in total. The predicted octanol–water partition coefficient (Wildman–Crippen LogP) is 1.54. The van der Waals surface area contributed by atoms with Gasteiger partial charge in [0.15, 0.2) is 0 Å². The van der Waals surface area contributed by atoms with Crippen molar-refractivity contribution in [2.45, 2.75) is 18.9 Å². The van der Waals surface area contributed by atoms with Gasteiger partial charge in [-0.2, -0.15) is 0 Å². The zero-order valence-electron chi connectivity index (χ0n) is 12.4. The van der Waals surface area contributed by atoms with Crippen molar-refractivity contribution in [1.82, 2.24) is 15.5 Å². The molecule has 0 fully saturated rings. The number of benzene rings is 1. The number of amides is 1. The van der Waals surface area contributed by atoms with Crippen molar-refractivity contribution in [1.29, 1.82) is 0 Å². The van der Waals surface area contributed by atoms with E-state index in [9.17, 15) is 9.18 Å². The summed E-state index contributed by atoms with van der Waals surface area (Å²) in [6.07, 6.45) is 1.34. The Kier molecular flexibility index (Phi) is 7.18. The summed E-state index contributed by atoms with van der Waals surface area (Å²) in [6.45, 7) is 1.36. The first-order valence-electron chi connectivity index (χ1n) is 6.87. The first kappa shape index (κ1) is 16.6. The van der Waals surface area contributed by atoms with Gasteiger partial charge in [-0.05, 0) is 51.8 Å². The fraction of sp³-hybridized carbons (Fsp3) is 0.533. The second kappa shape index (κ2) is 8.66. The first-order chi connectivity index (χ1) is 9.54. The molecule has 4 nitrogen and oxygen atoms in total. The number of nitrogens with one attached hydrogen (secondary N) is 2. The largest absolute Gasteiger partial charge is 0.354 e. The van der Waals surface area contributed by atoms with E-state index in [1.54, 1.807) is 12.1 Å². The summed E-state index contributed by atoms with van der Waals surface area (Å²) in [5, 5.41) is 5.95. The molecule has 0 saturated heterocycles. The molecule has 1 unspecified atom stereocenters. The summed E-state index contributed by atoms with van der Waals surface area (Å²) in [5.74, 6) is -0.198. The maximum absolute atomic E-state index is 12.9. The highest BCUT2D eigenvalue weighted by Crippen LogP contribution is 2.17.